The van der Waals surface area contributed by atoms with E-state index in [1.54, 1.807) is 4.90 Å². The van der Waals surface area contributed by atoms with Crippen molar-refractivity contribution in [3.05, 3.63) is 0 Å². The van der Waals surface area contributed by atoms with Crippen LogP contribution in [0.3, 0.4) is 0 Å². The standard InChI is InChI=1S/C15H27N3O2/c1-2-10-18(13-6-8-16-9-7-13)15(20)12-17-11-4-3-5-14(17)19/h13,16H,2-12H2,1H3. The number of likely N-dealkylation sites (tertiary alicyclic amines) is 1. The van der Waals surface area contributed by atoms with Crippen molar-refractivity contribution in [2.45, 2.75) is 51.5 Å². The first-order valence-electron chi connectivity index (χ1n) is 8.00. The zero-order chi connectivity index (χ0) is 14.4. The van der Waals surface area contributed by atoms with Crippen molar-refractivity contribution in [3.63, 3.8) is 0 Å². The van der Waals surface area contributed by atoms with Crippen molar-refractivity contribution in [1.29, 1.82) is 0 Å². The zero-order valence-electron chi connectivity index (χ0n) is 12.6. The smallest absolute Gasteiger partial charge is 0.242 e. The molecule has 0 radical (unpaired) electrons. The summed E-state index contributed by atoms with van der Waals surface area (Å²) in [4.78, 5) is 28.2. The lowest BCUT2D eigenvalue weighted by Crippen LogP contribution is -2.51. The Hall–Kier alpha value is -1.10. The van der Waals surface area contributed by atoms with Crippen LogP contribution in [0.2, 0.25) is 0 Å². The molecule has 1 N–H and O–H groups in total. The lowest BCUT2D eigenvalue weighted by molar-refractivity contribution is -0.143. The molecule has 0 atom stereocenters. The summed E-state index contributed by atoms with van der Waals surface area (Å²) in [6.07, 6.45) is 5.63. The molecule has 20 heavy (non-hydrogen) atoms. The number of carbonyl (C=O) groups is 2. The molecule has 0 aliphatic carbocycles. The van der Waals surface area contributed by atoms with E-state index in [-0.39, 0.29) is 18.4 Å². The Kier molecular flexibility index (Phi) is 5.83. The summed E-state index contributed by atoms with van der Waals surface area (Å²) >= 11 is 0. The van der Waals surface area contributed by atoms with Gasteiger partial charge in [0, 0.05) is 25.6 Å². The van der Waals surface area contributed by atoms with E-state index >= 15 is 0 Å². The van der Waals surface area contributed by atoms with Gasteiger partial charge in [0.15, 0.2) is 0 Å². The van der Waals surface area contributed by atoms with E-state index in [4.69, 9.17) is 0 Å². The van der Waals surface area contributed by atoms with E-state index in [0.29, 0.717) is 12.5 Å². The molecule has 0 spiro atoms. The molecule has 2 rings (SSSR count). The van der Waals surface area contributed by atoms with Gasteiger partial charge in [-0.3, -0.25) is 9.59 Å². The van der Waals surface area contributed by atoms with E-state index in [9.17, 15) is 9.59 Å². The second-order valence-electron chi connectivity index (χ2n) is 5.84. The van der Waals surface area contributed by atoms with Gasteiger partial charge in [-0.1, -0.05) is 6.92 Å². The fraction of sp³-hybridized carbons (Fsp3) is 0.867. The predicted octanol–water partition coefficient (Wildman–Crippen LogP) is 0.989. The van der Waals surface area contributed by atoms with Gasteiger partial charge in [-0.2, -0.15) is 0 Å². The fourth-order valence-electron chi connectivity index (χ4n) is 3.15. The molecular formula is C15H27N3O2. The number of nitrogens with one attached hydrogen (secondary N) is 1. The van der Waals surface area contributed by atoms with Gasteiger partial charge in [-0.05, 0) is 45.2 Å². The molecule has 0 aromatic rings. The Morgan fingerprint density at radius 2 is 2.10 bits per heavy atom. The maximum absolute atomic E-state index is 12.6. The SMILES string of the molecule is CCCN(C(=O)CN1CCCCC1=O)C1CCNCC1. The summed E-state index contributed by atoms with van der Waals surface area (Å²) in [7, 11) is 0. The molecule has 2 fully saturated rings. The van der Waals surface area contributed by atoms with E-state index in [1.807, 2.05) is 4.90 Å². The zero-order valence-corrected chi connectivity index (χ0v) is 12.6. The Bertz CT molecular complexity index is 340. The molecule has 114 valence electrons. The normalized spacial score (nSPS) is 21.1. The monoisotopic (exact) mass is 281 g/mol. The lowest BCUT2D eigenvalue weighted by Gasteiger charge is -2.36. The minimum atomic E-state index is 0.133. The molecule has 0 unspecified atom stereocenters. The van der Waals surface area contributed by atoms with Gasteiger partial charge in [0.25, 0.3) is 0 Å². The van der Waals surface area contributed by atoms with Gasteiger partial charge in [0.05, 0.1) is 6.54 Å². The second kappa shape index (κ2) is 7.62. The summed E-state index contributed by atoms with van der Waals surface area (Å²) in [5, 5.41) is 3.34. The number of hydrogen-bond donors (Lipinski definition) is 1. The number of amides is 2. The molecule has 2 saturated heterocycles. The Morgan fingerprint density at radius 1 is 1.35 bits per heavy atom. The van der Waals surface area contributed by atoms with Gasteiger partial charge >= 0.3 is 0 Å². The van der Waals surface area contributed by atoms with Crippen molar-refractivity contribution in [2.24, 2.45) is 0 Å². The van der Waals surface area contributed by atoms with Crippen molar-refractivity contribution < 1.29 is 9.59 Å². The molecular weight excluding hydrogens is 254 g/mol. The molecule has 0 saturated carbocycles. The number of carbonyl (C=O) groups excluding carboxylic acids is 2. The van der Waals surface area contributed by atoms with Crippen LogP contribution in [0, 0.1) is 0 Å². The van der Waals surface area contributed by atoms with Crippen LogP contribution >= 0.6 is 0 Å². The van der Waals surface area contributed by atoms with Crippen molar-refractivity contribution in [3.8, 4) is 0 Å². The van der Waals surface area contributed by atoms with E-state index in [0.717, 1.165) is 58.3 Å². The van der Waals surface area contributed by atoms with Crippen molar-refractivity contribution >= 4 is 11.8 Å². The average Bonchev–Trinajstić information content (AvgIpc) is 2.48. The number of rotatable bonds is 5. The summed E-state index contributed by atoms with van der Waals surface area (Å²) < 4.78 is 0. The first-order valence-corrected chi connectivity index (χ1v) is 8.00. The predicted molar refractivity (Wildman–Crippen MR) is 78.3 cm³/mol. The van der Waals surface area contributed by atoms with Crippen LogP contribution in [0.1, 0.15) is 45.4 Å². The maximum Gasteiger partial charge on any atom is 0.242 e. The van der Waals surface area contributed by atoms with Gasteiger partial charge in [-0.15, -0.1) is 0 Å². The van der Waals surface area contributed by atoms with Crippen LogP contribution in [-0.2, 0) is 9.59 Å². The third-order valence-corrected chi connectivity index (χ3v) is 4.28. The molecule has 0 bridgehead atoms. The van der Waals surface area contributed by atoms with Crippen molar-refractivity contribution in [2.75, 3.05) is 32.7 Å². The molecule has 0 aromatic heterocycles. The fourth-order valence-corrected chi connectivity index (χ4v) is 3.15. The highest BCUT2D eigenvalue weighted by atomic mass is 16.2. The molecule has 0 aromatic carbocycles. The molecule has 2 amide bonds. The lowest BCUT2D eigenvalue weighted by atomic mass is 10.0. The molecule has 2 aliphatic rings. The second-order valence-corrected chi connectivity index (χ2v) is 5.84. The van der Waals surface area contributed by atoms with Crippen LogP contribution in [0.5, 0.6) is 0 Å². The highest BCUT2D eigenvalue weighted by molar-refractivity contribution is 5.85. The summed E-state index contributed by atoms with van der Waals surface area (Å²) in [6.45, 7) is 5.92. The molecule has 2 aliphatic heterocycles. The summed E-state index contributed by atoms with van der Waals surface area (Å²) in [5.41, 5.74) is 0. The van der Waals surface area contributed by atoms with Gasteiger partial charge in [0.1, 0.15) is 0 Å². The van der Waals surface area contributed by atoms with Crippen LogP contribution in [0.15, 0.2) is 0 Å². The van der Waals surface area contributed by atoms with Crippen LogP contribution < -0.4 is 5.32 Å². The first kappa shape index (κ1) is 15.3. The Balaban J connectivity index is 1.93. The van der Waals surface area contributed by atoms with Crippen LogP contribution in [0.4, 0.5) is 0 Å². The Labute approximate surface area is 121 Å². The average molecular weight is 281 g/mol. The third-order valence-electron chi connectivity index (χ3n) is 4.28. The first-order chi connectivity index (χ1) is 9.72. The van der Waals surface area contributed by atoms with Gasteiger partial charge in [-0.25, -0.2) is 0 Å². The van der Waals surface area contributed by atoms with E-state index < -0.39 is 0 Å². The molecule has 5 heteroatoms. The third kappa shape index (κ3) is 3.95. The maximum atomic E-state index is 12.6. The topological polar surface area (TPSA) is 52.7 Å². The summed E-state index contributed by atoms with van der Waals surface area (Å²) in [5.74, 6) is 0.278. The van der Waals surface area contributed by atoms with Crippen LogP contribution in [-0.4, -0.2) is 60.4 Å². The van der Waals surface area contributed by atoms with Gasteiger partial charge in [0.2, 0.25) is 11.8 Å². The molecule has 5 nitrogen and oxygen atoms in total. The van der Waals surface area contributed by atoms with E-state index in [1.165, 1.54) is 0 Å². The number of nitrogens with zero attached hydrogens (tertiary/aromatic N) is 2. The number of piperidine rings is 2. The molecule has 2 heterocycles. The minimum absolute atomic E-state index is 0.133. The van der Waals surface area contributed by atoms with Crippen LogP contribution in [0.25, 0.3) is 0 Å². The number of hydrogen-bond acceptors (Lipinski definition) is 3. The summed E-state index contributed by atoms with van der Waals surface area (Å²) in [6, 6.07) is 0.351. The minimum Gasteiger partial charge on any atom is -0.338 e. The largest absolute Gasteiger partial charge is 0.338 e. The quantitative estimate of drug-likeness (QED) is 0.817. The highest BCUT2D eigenvalue weighted by Crippen LogP contribution is 2.15. The highest BCUT2D eigenvalue weighted by Gasteiger charge is 2.28. The Morgan fingerprint density at radius 3 is 2.75 bits per heavy atom. The van der Waals surface area contributed by atoms with E-state index in [2.05, 4.69) is 12.2 Å². The van der Waals surface area contributed by atoms with Gasteiger partial charge < -0.3 is 15.1 Å². The van der Waals surface area contributed by atoms with Crippen molar-refractivity contribution in [1.82, 2.24) is 15.1 Å².